The molecule has 0 N–H and O–H groups in total. The maximum Gasteiger partial charge on any atom is 0.310 e. The summed E-state index contributed by atoms with van der Waals surface area (Å²) in [6.07, 6.45) is 6.36. The van der Waals surface area contributed by atoms with Crippen molar-refractivity contribution in [3.05, 3.63) is 57.1 Å². The molecule has 0 aliphatic carbocycles. The number of nitrogens with zero attached hydrogens (tertiary/aromatic N) is 4. The average Bonchev–Trinajstić information content (AvgIpc) is 3.31. The second-order valence-corrected chi connectivity index (χ2v) is 10.6. The molecule has 2 aliphatic rings. The number of aromatic nitrogens is 3. The van der Waals surface area contributed by atoms with Gasteiger partial charge in [-0.05, 0) is 38.3 Å². The largest absolute Gasteiger partial charge is 0.415 e. The number of fused-ring (bicyclic) bond motifs is 2. The lowest BCUT2D eigenvalue weighted by Gasteiger charge is -2.42. The molecule has 5 rings (SSSR count). The maximum absolute atomic E-state index is 13.6. The van der Waals surface area contributed by atoms with Crippen LogP contribution in [-0.4, -0.2) is 51.5 Å². The molecular formula is C28H36FN4O4+. The lowest BCUT2D eigenvalue weighted by atomic mass is 9.90. The topological polar surface area (TPSA) is 87.2 Å². The van der Waals surface area contributed by atoms with Crippen molar-refractivity contribution in [2.75, 3.05) is 26.4 Å². The number of piperidine rings is 1. The van der Waals surface area contributed by atoms with Gasteiger partial charge in [0.25, 0.3) is 5.56 Å². The SMILES string of the molecule is CCCC(=O)OC[N+]1(CCc2c(C)nc3n(c2=O)CCCC3)CCC(c2noc3cc(F)ccc23)CC1. The summed E-state index contributed by atoms with van der Waals surface area (Å²) in [6.45, 7) is 7.22. The van der Waals surface area contributed by atoms with E-state index in [0.717, 1.165) is 86.3 Å². The van der Waals surface area contributed by atoms with Crippen LogP contribution >= 0.6 is 0 Å². The van der Waals surface area contributed by atoms with Gasteiger partial charge in [-0.2, -0.15) is 0 Å². The van der Waals surface area contributed by atoms with Gasteiger partial charge in [-0.1, -0.05) is 12.1 Å². The number of likely N-dealkylation sites (tertiary alicyclic amines) is 1. The van der Waals surface area contributed by atoms with E-state index in [1.165, 1.54) is 12.1 Å². The molecule has 2 aromatic heterocycles. The van der Waals surface area contributed by atoms with Crippen molar-refractivity contribution in [3.63, 3.8) is 0 Å². The van der Waals surface area contributed by atoms with Gasteiger partial charge < -0.3 is 9.26 Å². The van der Waals surface area contributed by atoms with Crippen molar-refractivity contribution in [2.45, 2.75) is 77.7 Å². The minimum absolute atomic E-state index is 0.0829. The molecular weight excluding hydrogens is 475 g/mol. The van der Waals surface area contributed by atoms with Gasteiger partial charge in [-0.3, -0.25) is 18.6 Å². The standard InChI is InChI=1S/C28H36FN4O4/c1-3-6-26(34)36-18-33(16-12-22-19(2)30-25-7-4-5-13-32(25)28(22)35)14-10-20(11-15-33)27-23-9-8-21(29)17-24(23)37-31-27/h8-9,17,20H,3-7,10-16,18H2,1-2H3/q+1. The minimum Gasteiger partial charge on any atom is -0.415 e. The second-order valence-electron chi connectivity index (χ2n) is 10.6. The molecule has 8 nitrogen and oxygen atoms in total. The summed E-state index contributed by atoms with van der Waals surface area (Å²) in [5.74, 6) is 0.558. The molecule has 9 heteroatoms. The van der Waals surface area contributed by atoms with E-state index in [4.69, 9.17) is 14.2 Å². The third-order valence-corrected chi connectivity index (χ3v) is 8.12. The summed E-state index contributed by atoms with van der Waals surface area (Å²) in [6, 6.07) is 4.54. The van der Waals surface area contributed by atoms with E-state index in [2.05, 4.69) is 5.16 Å². The summed E-state index contributed by atoms with van der Waals surface area (Å²) in [4.78, 5) is 30.3. The summed E-state index contributed by atoms with van der Waals surface area (Å²) in [5, 5.41) is 5.13. The number of esters is 1. The number of carbonyl (C=O) groups is 1. The van der Waals surface area contributed by atoms with Gasteiger partial charge in [0, 0.05) is 67.3 Å². The van der Waals surface area contributed by atoms with Gasteiger partial charge in [0.1, 0.15) is 11.6 Å². The molecule has 198 valence electrons. The molecule has 1 aromatic carbocycles. The highest BCUT2D eigenvalue weighted by Crippen LogP contribution is 2.35. The highest BCUT2D eigenvalue weighted by Gasteiger charge is 2.37. The van der Waals surface area contributed by atoms with Crippen LogP contribution in [-0.2, 0) is 28.9 Å². The van der Waals surface area contributed by atoms with Crippen LogP contribution in [0.4, 0.5) is 4.39 Å². The van der Waals surface area contributed by atoms with E-state index in [9.17, 15) is 14.0 Å². The molecule has 2 aliphatic heterocycles. The maximum atomic E-state index is 13.6. The van der Waals surface area contributed by atoms with Crippen LogP contribution in [0.15, 0.2) is 27.5 Å². The Balaban J connectivity index is 1.34. The first kappa shape index (κ1) is 25.6. The van der Waals surface area contributed by atoms with Crippen molar-refractivity contribution in [3.8, 4) is 0 Å². The quantitative estimate of drug-likeness (QED) is 0.329. The first-order chi connectivity index (χ1) is 17.9. The third-order valence-electron chi connectivity index (χ3n) is 8.12. The fraction of sp³-hybridized carbons (Fsp3) is 0.571. The summed E-state index contributed by atoms with van der Waals surface area (Å²) < 4.78 is 27.2. The number of quaternary nitrogens is 1. The van der Waals surface area contributed by atoms with Gasteiger partial charge in [0.05, 0.1) is 25.3 Å². The summed E-state index contributed by atoms with van der Waals surface area (Å²) in [7, 11) is 0. The number of halogens is 1. The number of rotatable bonds is 8. The molecule has 37 heavy (non-hydrogen) atoms. The molecule has 1 saturated heterocycles. The molecule has 0 amide bonds. The van der Waals surface area contributed by atoms with Crippen molar-refractivity contribution in [2.24, 2.45) is 0 Å². The zero-order valence-corrected chi connectivity index (χ0v) is 21.8. The molecule has 0 unspecified atom stereocenters. The zero-order valence-electron chi connectivity index (χ0n) is 21.8. The van der Waals surface area contributed by atoms with Gasteiger partial charge in [-0.15, -0.1) is 0 Å². The van der Waals surface area contributed by atoms with E-state index in [1.54, 1.807) is 6.07 Å². The van der Waals surface area contributed by atoms with E-state index in [0.29, 0.717) is 36.2 Å². The molecule has 3 aromatic rings. The van der Waals surface area contributed by atoms with E-state index < -0.39 is 0 Å². The molecule has 0 spiro atoms. The van der Waals surface area contributed by atoms with Crippen LogP contribution in [0.5, 0.6) is 0 Å². The zero-order chi connectivity index (χ0) is 26.0. The Morgan fingerprint density at radius 2 is 2.08 bits per heavy atom. The number of benzene rings is 1. The number of aryl methyl sites for hydroxylation is 2. The lowest BCUT2D eigenvalue weighted by molar-refractivity contribution is -0.948. The first-order valence-electron chi connectivity index (χ1n) is 13.5. The van der Waals surface area contributed by atoms with Gasteiger partial charge in [0.15, 0.2) is 5.58 Å². The third kappa shape index (κ3) is 5.32. The lowest BCUT2D eigenvalue weighted by Crippen LogP contribution is -2.55. The highest BCUT2D eigenvalue weighted by atomic mass is 19.1. The Labute approximate surface area is 216 Å². The summed E-state index contributed by atoms with van der Waals surface area (Å²) in [5.41, 5.74) is 3.00. The number of hydrogen-bond acceptors (Lipinski definition) is 6. The molecule has 4 heterocycles. The number of carbonyl (C=O) groups excluding carboxylic acids is 1. The predicted molar refractivity (Wildman–Crippen MR) is 137 cm³/mol. The van der Waals surface area contributed by atoms with Crippen molar-refractivity contribution in [1.29, 1.82) is 0 Å². The fourth-order valence-electron chi connectivity index (χ4n) is 5.88. The van der Waals surface area contributed by atoms with E-state index in [1.807, 2.05) is 18.4 Å². The monoisotopic (exact) mass is 511 g/mol. The van der Waals surface area contributed by atoms with Crippen molar-refractivity contribution >= 4 is 16.9 Å². The second kappa shape index (κ2) is 10.7. The van der Waals surface area contributed by atoms with Gasteiger partial charge >= 0.3 is 5.97 Å². The summed E-state index contributed by atoms with van der Waals surface area (Å²) >= 11 is 0. The van der Waals surface area contributed by atoms with Crippen LogP contribution in [0, 0.1) is 12.7 Å². The Kier molecular flexibility index (Phi) is 7.42. The molecule has 0 saturated carbocycles. The molecule has 0 bridgehead atoms. The van der Waals surface area contributed by atoms with E-state index in [-0.39, 0.29) is 23.3 Å². The van der Waals surface area contributed by atoms with Crippen LogP contribution in [0.2, 0.25) is 0 Å². The Hall–Kier alpha value is -3.07. The highest BCUT2D eigenvalue weighted by molar-refractivity contribution is 5.79. The van der Waals surface area contributed by atoms with Crippen LogP contribution in [0.1, 0.15) is 74.1 Å². The normalized spacial score (nSPS) is 21.6. The molecule has 1 fully saturated rings. The van der Waals surface area contributed by atoms with Crippen LogP contribution < -0.4 is 5.56 Å². The number of ether oxygens (including phenoxy) is 1. The Bertz CT molecular complexity index is 1340. The van der Waals surface area contributed by atoms with Crippen molar-refractivity contribution in [1.82, 2.24) is 14.7 Å². The van der Waals surface area contributed by atoms with Gasteiger partial charge in [-0.25, -0.2) is 9.37 Å². The molecule has 0 radical (unpaired) electrons. The van der Waals surface area contributed by atoms with Crippen LogP contribution in [0.3, 0.4) is 0 Å². The smallest absolute Gasteiger partial charge is 0.310 e. The molecule has 0 atom stereocenters. The van der Waals surface area contributed by atoms with E-state index >= 15 is 0 Å². The number of hydrogen-bond donors (Lipinski definition) is 0. The Morgan fingerprint density at radius 3 is 2.86 bits per heavy atom. The predicted octanol–water partition coefficient (Wildman–Crippen LogP) is 4.41. The van der Waals surface area contributed by atoms with Gasteiger partial charge in [0.2, 0.25) is 6.73 Å². The minimum atomic E-state index is -0.341. The van der Waals surface area contributed by atoms with Crippen LogP contribution in [0.25, 0.3) is 11.0 Å². The van der Waals surface area contributed by atoms with Crippen molar-refractivity contribution < 1.29 is 22.9 Å². The Morgan fingerprint density at radius 1 is 1.27 bits per heavy atom. The fourth-order valence-corrected chi connectivity index (χ4v) is 5.88. The first-order valence-corrected chi connectivity index (χ1v) is 13.5. The average molecular weight is 512 g/mol.